The number of aliphatic carboxylic acids is 1. The second kappa shape index (κ2) is 17.5. The van der Waals surface area contributed by atoms with Crippen LogP contribution >= 0.6 is 0 Å². The molecule has 52 heavy (non-hydrogen) atoms. The Hall–Kier alpha value is -4.94. The Balaban J connectivity index is 0.000000280. The molecule has 0 aliphatic carbocycles. The van der Waals surface area contributed by atoms with Crippen LogP contribution in [-0.4, -0.2) is 99.1 Å². The smallest absolute Gasteiger partial charge is 0.410 e. The van der Waals surface area contributed by atoms with E-state index < -0.39 is 59.4 Å². The number of hydrogen-bond acceptors (Lipinski definition) is 8. The van der Waals surface area contributed by atoms with Crippen molar-refractivity contribution in [1.82, 2.24) is 20.4 Å². The summed E-state index contributed by atoms with van der Waals surface area (Å²) < 4.78 is 10.9. The molecule has 0 aromatic heterocycles. The third-order valence-electron chi connectivity index (χ3n) is 8.70. The van der Waals surface area contributed by atoms with Gasteiger partial charge in [-0.1, -0.05) is 60.7 Å². The summed E-state index contributed by atoms with van der Waals surface area (Å²) in [6, 6.07) is 16.4. The Morgan fingerprint density at radius 2 is 1.00 bits per heavy atom. The first kappa shape index (κ1) is 41.5. The van der Waals surface area contributed by atoms with E-state index in [4.69, 9.17) is 14.6 Å². The predicted octanol–water partition coefficient (Wildman–Crippen LogP) is 5.24. The van der Waals surface area contributed by atoms with Gasteiger partial charge in [-0.25, -0.2) is 9.59 Å². The van der Waals surface area contributed by atoms with Crippen LogP contribution in [0, 0.1) is 0 Å². The highest BCUT2D eigenvalue weighted by molar-refractivity contribution is 5.92. The van der Waals surface area contributed by atoms with Crippen LogP contribution < -0.4 is 10.6 Å². The van der Waals surface area contributed by atoms with Gasteiger partial charge in [0.25, 0.3) is 0 Å². The van der Waals surface area contributed by atoms with E-state index in [1.54, 1.807) is 48.5 Å². The number of carboxylic acids is 1. The summed E-state index contributed by atoms with van der Waals surface area (Å²) in [5.41, 5.74) is 0.783. The molecule has 2 fully saturated rings. The fourth-order valence-corrected chi connectivity index (χ4v) is 5.93. The number of hydrogen-bond donors (Lipinski definition) is 3. The molecule has 2 aliphatic heterocycles. The molecule has 0 bridgehead atoms. The van der Waals surface area contributed by atoms with Gasteiger partial charge in [-0.05, 0) is 86.3 Å². The largest absolute Gasteiger partial charge is 0.480 e. The zero-order valence-corrected chi connectivity index (χ0v) is 31.7. The molecule has 2 heterocycles. The van der Waals surface area contributed by atoms with Crippen molar-refractivity contribution in [3.05, 3.63) is 71.8 Å². The molecule has 0 spiro atoms. The third-order valence-corrected chi connectivity index (χ3v) is 8.70. The lowest BCUT2D eigenvalue weighted by molar-refractivity contribution is -0.141. The van der Waals surface area contributed by atoms with Crippen molar-refractivity contribution in [2.45, 2.75) is 122 Å². The van der Waals surface area contributed by atoms with E-state index in [-0.39, 0.29) is 23.5 Å². The van der Waals surface area contributed by atoms with Crippen LogP contribution in [0.4, 0.5) is 9.59 Å². The number of carboxylic acid groups (broad SMARTS) is 1. The standard InChI is InChI=1S/C20H28N2O4.C19H26N2O5/c1-13(14(2)23)21-18(24)17-11-16(15-9-7-6-8-10-15)12-22(17)19(25)26-20(3,4)5;1-12(17(23)24)20-16(22)15-10-14(13-8-6-5-7-9-13)11-21(15)18(25)26-19(2,3)4/h6-10,13,16-17H,11-12H2,1-5H3,(H,21,24);5-9,12,14-15H,10-11H2,1-4H3,(H,20,22)(H,23,24)/t13-,16+,17+;12-,14+,15+/m00/s1. The van der Waals surface area contributed by atoms with Gasteiger partial charge in [-0.2, -0.15) is 0 Å². The summed E-state index contributed by atoms with van der Waals surface area (Å²) in [5, 5.41) is 14.2. The van der Waals surface area contributed by atoms with Gasteiger partial charge in [0.05, 0.1) is 6.04 Å². The van der Waals surface area contributed by atoms with E-state index in [0.29, 0.717) is 25.9 Å². The second-order valence-corrected chi connectivity index (χ2v) is 15.4. The first-order chi connectivity index (χ1) is 24.2. The van der Waals surface area contributed by atoms with Crippen LogP contribution in [0.1, 0.15) is 98.1 Å². The van der Waals surface area contributed by atoms with Gasteiger partial charge in [-0.15, -0.1) is 0 Å². The van der Waals surface area contributed by atoms with Gasteiger partial charge in [0.2, 0.25) is 11.8 Å². The van der Waals surface area contributed by atoms with E-state index in [2.05, 4.69) is 10.6 Å². The highest BCUT2D eigenvalue weighted by atomic mass is 16.6. The molecule has 4 rings (SSSR count). The second-order valence-electron chi connectivity index (χ2n) is 15.4. The number of ketones is 1. The highest BCUT2D eigenvalue weighted by Gasteiger charge is 2.43. The summed E-state index contributed by atoms with van der Waals surface area (Å²) in [6.07, 6.45) is -0.160. The van der Waals surface area contributed by atoms with Crippen molar-refractivity contribution >= 4 is 35.8 Å². The summed E-state index contributed by atoms with van der Waals surface area (Å²) >= 11 is 0. The van der Waals surface area contributed by atoms with Gasteiger partial charge in [0.1, 0.15) is 29.3 Å². The summed E-state index contributed by atoms with van der Waals surface area (Å²) in [6.45, 7) is 15.9. The number of nitrogens with one attached hydrogen (secondary N) is 2. The van der Waals surface area contributed by atoms with E-state index in [1.807, 2.05) is 60.7 Å². The molecular weight excluding hydrogens is 668 g/mol. The third kappa shape index (κ3) is 12.1. The molecule has 2 aromatic rings. The number of nitrogens with zero attached hydrogens (tertiary/aromatic N) is 2. The molecule has 0 radical (unpaired) electrons. The molecule has 13 heteroatoms. The Bertz CT molecular complexity index is 1450. The zero-order valence-electron chi connectivity index (χ0n) is 31.7. The first-order valence-electron chi connectivity index (χ1n) is 17.6. The van der Waals surface area contributed by atoms with Gasteiger partial charge in [-0.3, -0.25) is 29.0 Å². The molecule has 2 aromatic carbocycles. The fraction of sp³-hybridized carbons (Fsp3) is 0.538. The molecule has 13 nitrogen and oxygen atoms in total. The van der Waals surface area contributed by atoms with Gasteiger partial charge < -0.3 is 25.2 Å². The van der Waals surface area contributed by atoms with E-state index in [0.717, 1.165) is 11.1 Å². The molecule has 3 N–H and O–H groups in total. The molecular formula is C39H54N4O9. The minimum atomic E-state index is -1.13. The van der Waals surface area contributed by atoms with Crippen LogP contribution in [0.3, 0.4) is 0 Å². The molecule has 0 unspecified atom stereocenters. The van der Waals surface area contributed by atoms with Crippen molar-refractivity contribution in [2.75, 3.05) is 13.1 Å². The highest BCUT2D eigenvalue weighted by Crippen LogP contribution is 2.34. The maximum Gasteiger partial charge on any atom is 0.410 e. The number of carbonyl (C=O) groups is 6. The number of likely N-dealkylation sites (tertiary alicyclic amines) is 2. The lowest BCUT2D eigenvalue weighted by Crippen LogP contribution is -2.50. The molecule has 2 saturated heterocycles. The minimum Gasteiger partial charge on any atom is -0.480 e. The Labute approximate surface area is 306 Å². The maximum atomic E-state index is 12.7. The number of carbonyl (C=O) groups excluding carboxylic acids is 5. The molecule has 2 aliphatic rings. The number of ether oxygens (including phenoxy) is 2. The number of benzene rings is 2. The Morgan fingerprint density at radius 1 is 0.654 bits per heavy atom. The topological polar surface area (TPSA) is 172 Å². The summed E-state index contributed by atoms with van der Waals surface area (Å²) in [4.78, 5) is 75.9. The number of rotatable bonds is 8. The first-order valence-corrected chi connectivity index (χ1v) is 17.6. The normalized spacial score (nSPS) is 21.2. The van der Waals surface area contributed by atoms with E-state index in [1.165, 1.54) is 23.6 Å². The van der Waals surface area contributed by atoms with Crippen LogP contribution in [0.5, 0.6) is 0 Å². The molecule has 4 amide bonds. The zero-order chi connectivity index (χ0) is 39.0. The lowest BCUT2D eigenvalue weighted by atomic mass is 9.96. The Kier molecular flexibility index (Phi) is 14.0. The van der Waals surface area contributed by atoms with Crippen LogP contribution in [0.2, 0.25) is 0 Å². The van der Waals surface area contributed by atoms with Crippen LogP contribution in [0.15, 0.2) is 60.7 Å². The minimum absolute atomic E-state index is 0.0143. The van der Waals surface area contributed by atoms with Gasteiger partial charge in [0.15, 0.2) is 5.78 Å². The van der Waals surface area contributed by atoms with E-state index in [9.17, 15) is 28.8 Å². The molecule has 0 saturated carbocycles. The summed E-state index contributed by atoms with van der Waals surface area (Å²) in [7, 11) is 0. The summed E-state index contributed by atoms with van der Waals surface area (Å²) in [5.74, 6) is -2.02. The van der Waals surface area contributed by atoms with Crippen LogP contribution in [0.25, 0.3) is 0 Å². The van der Waals surface area contributed by atoms with Crippen molar-refractivity contribution in [3.8, 4) is 0 Å². The fourth-order valence-electron chi connectivity index (χ4n) is 5.93. The van der Waals surface area contributed by atoms with Crippen molar-refractivity contribution in [3.63, 3.8) is 0 Å². The van der Waals surface area contributed by atoms with E-state index >= 15 is 0 Å². The van der Waals surface area contributed by atoms with Crippen LogP contribution in [-0.2, 0) is 28.7 Å². The average Bonchev–Trinajstić information content (AvgIpc) is 3.71. The predicted molar refractivity (Wildman–Crippen MR) is 195 cm³/mol. The maximum absolute atomic E-state index is 12.7. The Morgan fingerprint density at radius 3 is 1.31 bits per heavy atom. The molecule has 284 valence electrons. The van der Waals surface area contributed by atoms with Crippen molar-refractivity contribution in [1.29, 1.82) is 0 Å². The number of Topliss-reactive ketones (excluding diaryl/α,β-unsaturated/α-hetero) is 1. The van der Waals surface area contributed by atoms with Gasteiger partial charge >= 0.3 is 18.2 Å². The molecule has 6 atom stereocenters. The number of amides is 4. The lowest BCUT2D eigenvalue weighted by Gasteiger charge is -2.28. The average molecular weight is 723 g/mol. The van der Waals surface area contributed by atoms with Gasteiger partial charge in [0, 0.05) is 24.9 Å². The van der Waals surface area contributed by atoms with Crippen molar-refractivity contribution in [2.24, 2.45) is 0 Å². The quantitative estimate of drug-likeness (QED) is 0.330. The van der Waals surface area contributed by atoms with Crippen molar-refractivity contribution < 1.29 is 43.3 Å². The monoisotopic (exact) mass is 722 g/mol. The SMILES string of the molecule is CC(=O)[C@H](C)NC(=O)[C@H]1C[C@@H](c2ccccc2)CN1C(=O)OC(C)(C)C.C[C@H](NC(=O)[C@H]1C[C@@H](c2ccccc2)CN1C(=O)OC(C)(C)C)C(=O)O.